The van der Waals surface area contributed by atoms with Crippen LogP contribution in [0.2, 0.25) is 0 Å². The van der Waals surface area contributed by atoms with Gasteiger partial charge in [-0.3, -0.25) is 9.97 Å². The molecule has 374 valence electrons. The standard InChI is InChI=1S/C54H76N2O12/c1-25-51(63)43(65-53(25)41(61)21-45(3,23-57)67-53)17-33-29-11-9-27-13-35-37(19-47(27,5)31(29)15-39(59)49(33,51)7)55-36-14-28-10-12-30-32(48(28,6)20-38(36)56-35)16-40(60)50(8)34(30)18-44-52(50,64)26(2)54(66-44)42(62)22-46(4,24-58)68-54/h17-18,25-32,39-44,57-64H,9-16,19-24H2,1-8H3. The van der Waals surface area contributed by atoms with Gasteiger partial charge in [-0.15, -0.1) is 0 Å². The van der Waals surface area contributed by atoms with Gasteiger partial charge in [0.2, 0.25) is 11.6 Å². The number of hydrogen-bond acceptors (Lipinski definition) is 14. The fourth-order valence-electron chi connectivity index (χ4n) is 19.5. The van der Waals surface area contributed by atoms with Gasteiger partial charge in [0, 0.05) is 35.5 Å². The number of nitrogens with zero attached hydrogens (tertiary/aromatic N) is 2. The van der Waals surface area contributed by atoms with Gasteiger partial charge in [0.05, 0.1) is 59.4 Å². The molecule has 24 unspecified atom stereocenters. The Labute approximate surface area is 399 Å². The molecule has 14 nitrogen and oxygen atoms in total. The van der Waals surface area contributed by atoms with Gasteiger partial charge in [0.15, 0.2) is 0 Å². The second-order valence-electron chi connectivity index (χ2n) is 26.4. The molecule has 24 atom stereocenters. The molecule has 0 radical (unpaired) electrons. The molecule has 4 saturated heterocycles. The first-order valence-electron chi connectivity index (χ1n) is 26.3. The summed E-state index contributed by atoms with van der Waals surface area (Å²) in [5, 5.41) is 93.9. The van der Waals surface area contributed by atoms with Crippen LogP contribution in [0.3, 0.4) is 0 Å². The average Bonchev–Trinajstić information content (AvgIpc) is 4.00. The van der Waals surface area contributed by atoms with Crippen LogP contribution in [0.5, 0.6) is 0 Å². The van der Waals surface area contributed by atoms with Crippen LogP contribution >= 0.6 is 0 Å². The lowest BCUT2D eigenvalue weighted by molar-refractivity contribution is -0.280. The lowest BCUT2D eigenvalue weighted by Gasteiger charge is -2.62. The predicted molar refractivity (Wildman–Crippen MR) is 244 cm³/mol. The molecule has 14 heteroatoms. The van der Waals surface area contributed by atoms with E-state index in [1.54, 1.807) is 13.8 Å². The summed E-state index contributed by atoms with van der Waals surface area (Å²) in [6, 6.07) is 0. The fourth-order valence-corrected chi connectivity index (χ4v) is 19.5. The zero-order valence-corrected chi connectivity index (χ0v) is 41.2. The van der Waals surface area contributed by atoms with Gasteiger partial charge in [-0.1, -0.05) is 64.8 Å². The van der Waals surface area contributed by atoms with Gasteiger partial charge < -0.3 is 59.8 Å². The molecule has 2 spiro atoms. The number of hydrogen-bond donors (Lipinski definition) is 8. The molecule has 4 aliphatic heterocycles. The van der Waals surface area contributed by atoms with Crippen molar-refractivity contribution < 1.29 is 59.8 Å². The maximum atomic E-state index is 12.9. The third kappa shape index (κ3) is 4.99. The second kappa shape index (κ2) is 13.6. The van der Waals surface area contributed by atoms with Crippen molar-refractivity contribution in [3.05, 3.63) is 46.1 Å². The second-order valence-corrected chi connectivity index (χ2v) is 26.4. The van der Waals surface area contributed by atoms with Gasteiger partial charge in [0.1, 0.15) is 35.6 Å². The van der Waals surface area contributed by atoms with Crippen molar-refractivity contribution in [2.45, 2.75) is 203 Å². The Balaban J connectivity index is 0.771. The molecule has 12 aliphatic rings. The highest BCUT2D eigenvalue weighted by atomic mass is 16.8. The first kappa shape index (κ1) is 45.9. The van der Waals surface area contributed by atoms with Crippen LogP contribution in [-0.4, -0.2) is 135 Å². The molecule has 8 fully saturated rings. The largest absolute Gasteiger partial charge is 0.393 e. The lowest BCUT2D eigenvalue weighted by atomic mass is 9.44. The Morgan fingerprint density at radius 1 is 0.559 bits per heavy atom. The maximum absolute atomic E-state index is 12.9. The van der Waals surface area contributed by atoms with Gasteiger partial charge in [-0.2, -0.15) is 0 Å². The van der Waals surface area contributed by atoms with Crippen molar-refractivity contribution in [2.75, 3.05) is 13.2 Å². The molecule has 8 N–H and O–H groups in total. The summed E-state index contributed by atoms with van der Waals surface area (Å²) in [6.45, 7) is 15.5. The molecule has 1 aromatic heterocycles. The van der Waals surface area contributed by atoms with E-state index in [1.165, 1.54) is 0 Å². The highest BCUT2D eigenvalue weighted by Crippen LogP contribution is 2.73. The third-order valence-corrected chi connectivity index (χ3v) is 23.7. The zero-order chi connectivity index (χ0) is 48.1. The zero-order valence-electron chi connectivity index (χ0n) is 41.2. The summed E-state index contributed by atoms with van der Waals surface area (Å²) in [4.78, 5) is 11.1. The van der Waals surface area contributed by atoms with Crippen molar-refractivity contribution in [3.8, 4) is 0 Å². The fraction of sp³-hybridized carbons (Fsp3) is 0.852. The molecule has 4 saturated carbocycles. The van der Waals surface area contributed by atoms with E-state index in [0.717, 1.165) is 85.3 Å². The van der Waals surface area contributed by atoms with Crippen LogP contribution in [0.1, 0.15) is 130 Å². The van der Waals surface area contributed by atoms with E-state index in [0.29, 0.717) is 24.7 Å². The number of aliphatic hydroxyl groups excluding tert-OH is 6. The van der Waals surface area contributed by atoms with Gasteiger partial charge in [0.25, 0.3) is 0 Å². The highest BCUT2D eigenvalue weighted by molar-refractivity contribution is 5.45. The minimum Gasteiger partial charge on any atom is -0.393 e. The molecule has 5 heterocycles. The summed E-state index contributed by atoms with van der Waals surface area (Å²) < 4.78 is 26.0. The van der Waals surface area contributed by atoms with Gasteiger partial charge >= 0.3 is 0 Å². The van der Waals surface area contributed by atoms with E-state index in [4.69, 9.17) is 28.9 Å². The average molecular weight is 945 g/mol. The Morgan fingerprint density at radius 2 is 0.941 bits per heavy atom. The minimum absolute atomic E-state index is 0.144. The first-order chi connectivity index (χ1) is 31.9. The molecule has 1 aromatic rings. The molecule has 0 aromatic carbocycles. The topological polar surface area (TPSA) is 225 Å². The Hall–Kier alpha value is -1.92. The quantitative estimate of drug-likeness (QED) is 0.199. The van der Waals surface area contributed by atoms with Crippen molar-refractivity contribution >= 4 is 0 Å². The van der Waals surface area contributed by atoms with E-state index in [9.17, 15) is 40.9 Å². The Morgan fingerprint density at radius 3 is 1.29 bits per heavy atom. The van der Waals surface area contributed by atoms with Crippen LogP contribution < -0.4 is 0 Å². The van der Waals surface area contributed by atoms with Crippen LogP contribution in [0.15, 0.2) is 23.3 Å². The van der Waals surface area contributed by atoms with E-state index < -0.39 is 93.3 Å². The van der Waals surface area contributed by atoms with Gasteiger partial charge in [-0.25, -0.2) is 0 Å². The van der Waals surface area contributed by atoms with E-state index in [-0.39, 0.29) is 60.6 Å². The highest BCUT2D eigenvalue weighted by Gasteiger charge is 2.81. The lowest BCUT2D eigenvalue weighted by Crippen LogP contribution is -2.65. The van der Waals surface area contributed by atoms with Crippen LogP contribution in [-0.2, 0) is 44.6 Å². The summed E-state index contributed by atoms with van der Waals surface area (Å²) in [7, 11) is 0. The molecular formula is C54H76N2O12. The van der Waals surface area contributed by atoms with E-state index in [2.05, 4.69) is 26.0 Å². The summed E-state index contributed by atoms with van der Waals surface area (Å²) in [5.41, 5.74) is -0.813. The first-order valence-corrected chi connectivity index (χ1v) is 26.3. The molecule has 13 rings (SSSR count). The summed E-state index contributed by atoms with van der Waals surface area (Å²) in [6.07, 6.45) is 7.39. The minimum atomic E-state index is -1.51. The number of aromatic nitrogens is 2. The Bertz CT molecular complexity index is 2270. The van der Waals surface area contributed by atoms with Crippen molar-refractivity contribution in [2.24, 2.45) is 69.0 Å². The number of ether oxygens (including phenoxy) is 4. The molecule has 0 amide bonds. The number of rotatable bonds is 2. The number of fused-ring (bicyclic) bond motifs is 16. The summed E-state index contributed by atoms with van der Waals surface area (Å²) in [5.74, 6) is -2.97. The Kier molecular flexibility index (Phi) is 9.19. The van der Waals surface area contributed by atoms with Crippen molar-refractivity contribution in [1.82, 2.24) is 9.97 Å². The molecular weight excluding hydrogens is 869 g/mol. The number of aliphatic hydroxyl groups is 8. The van der Waals surface area contributed by atoms with Crippen LogP contribution in [0.4, 0.5) is 0 Å². The maximum Gasteiger partial charge on any atom is 0.201 e. The van der Waals surface area contributed by atoms with Crippen molar-refractivity contribution in [1.29, 1.82) is 0 Å². The molecule has 68 heavy (non-hydrogen) atoms. The summed E-state index contributed by atoms with van der Waals surface area (Å²) >= 11 is 0. The third-order valence-electron chi connectivity index (χ3n) is 23.7. The van der Waals surface area contributed by atoms with Gasteiger partial charge in [-0.05, 0) is 124 Å². The molecule has 8 aliphatic carbocycles. The predicted octanol–water partition coefficient (Wildman–Crippen LogP) is 3.38. The monoisotopic (exact) mass is 945 g/mol. The van der Waals surface area contributed by atoms with Crippen molar-refractivity contribution in [3.63, 3.8) is 0 Å². The normalized spacial score (nSPS) is 60.0. The van der Waals surface area contributed by atoms with E-state index >= 15 is 0 Å². The smallest absolute Gasteiger partial charge is 0.201 e. The van der Waals surface area contributed by atoms with Crippen LogP contribution in [0, 0.1) is 69.0 Å². The van der Waals surface area contributed by atoms with E-state index in [1.807, 2.05) is 27.7 Å². The SMILES string of the molecule is CC1C2(OC3C=C4C5CCC6Cc7nc8c(nc7CC6(C)C5CC(O)C4(C)C31O)CC1CCC3C4=CC5OC6(OC(C)(CO)CC6O)C(C)C5(O)C4(C)C(O)CC3C1(C)C8)OC(C)(CO)CC2O. The molecule has 0 bridgehead atoms. The van der Waals surface area contributed by atoms with Crippen LogP contribution in [0.25, 0.3) is 0 Å².